The number of hydrogen-bond acceptors (Lipinski definition) is 4. The van der Waals surface area contributed by atoms with E-state index in [-0.39, 0.29) is 25.0 Å². The number of amides is 1. The number of furan rings is 1. The Morgan fingerprint density at radius 3 is 2.59 bits per heavy atom. The fourth-order valence-electron chi connectivity index (χ4n) is 3.47. The zero-order valence-electron chi connectivity index (χ0n) is 16.1. The summed E-state index contributed by atoms with van der Waals surface area (Å²) in [5, 5.41) is 5.83. The van der Waals surface area contributed by atoms with E-state index in [1.165, 1.54) is 0 Å². The SMILES string of the molecule is CC(NC(=O)COC(=O)Cc1coc2ccc3ccccc3c12)c1ccccc1. The summed E-state index contributed by atoms with van der Waals surface area (Å²) in [6.07, 6.45) is 1.62. The van der Waals surface area contributed by atoms with Crippen LogP contribution in [0, 0.1) is 0 Å². The smallest absolute Gasteiger partial charge is 0.310 e. The average molecular weight is 387 g/mol. The number of esters is 1. The van der Waals surface area contributed by atoms with E-state index >= 15 is 0 Å². The minimum absolute atomic E-state index is 0.0442. The third kappa shape index (κ3) is 4.14. The number of carbonyl (C=O) groups excluding carboxylic acids is 2. The van der Waals surface area contributed by atoms with Crippen molar-refractivity contribution in [3.05, 3.63) is 84.1 Å². The zero-order chi connectivity index (χ0) is 20.2. The molecule has 1 N–H and O–H groups in total. The molecule has 4 aromatic rings. The molecule has 3 aromatic carbocycles. The number of benzene rings is 3. The van der Waals surface area contributed by atoms with Crippen LogP contribution >= 0.6 is 0 Å². The standard InChI is InChI=1S/C24H21NO4/c1-16(17-7-3-2-4-8-17)25-22(26)15-29-23(27)13-19-14-28-21-12-11-18-9-5-6-10-20(18)24(19)21/h2-12,14,16H,13,15H2,1H3,(H,25,26). The first kappa shape index (κ1) is 18.7. The third-order valence-electron chi connectivity index (χ3n) is 4.92. The molecule has 0 radical (unpaired) electrons. The molecule has 1 amide bonds. The highest BCUT2D eigenvalue weighted by Gasteiger charge is 2.16. The normalized spacial score (nSPS) is 12.0. The molecule has 0 bridgehead atoms. The van der Waals surface area contributed by atoms with Crippen molar-refractivity contribution in [3.8, 4) is 0 Å². The van der Waals surface area contributed by atoms with Gasteiger partial charge in [0.1, 0.15) is 5.58 Å². The second-order valence-electron chi connectivity index (χ2n) is 6.96. The number of fused-ring (bicyclic) bond motifs is 3. The maximum Gasteiger partial charge on any atom is 0.310 e. The van der Waals surface area contributed by atoms with Crippen molar-refractivity contribution in [2.75, 3.05) is 6.61 Å². The lowest BCUT2D eigenvalue weighted by molar-refractivity contribution is -0.148. The highest BCUT2D eigenvalue weighted by molar-refractivity contribution is 6.08. The molecule has 29 heavy (non-hydrogen) atoms. The highest BCUT2D eigenvalue weighted by Crippen LogP contribution is 2.30. The number of nitrogens with one attached hydrogen (secondary N) is 1. The van der Waals surface area contributed by atoms with Crippen LogP contribution in [0.2, 0.25) is 0 Å². The van der Waals surface area contributed by atoms with Gasteiger partial charge in [0, 0.05) is 10.9 Å². The van der Waals surface area contributed by atoms with Crippen molar-refractivity contribution < 1.29 is 18.7 Å². The number of carbonyl (C=O) groups is 2. The molecule has 0 saturated heterocycles. The molecule has 1 aromatic heterocycles. The van der Waals surface area contributed by atoms with E-state index in [0.717, 1.165) is 32.9 Å². The first-order valence-corrected chi connectivity index (χ1v) is 9.49. The van der Waals surface area contributed by atoms with Crippen molar-refractivity contribution in [1.82, 2.24) is 5.32 Å². The summed E-state index contributed by atoms with van der Waals surface area (Å²) < 4.78 is 10.8. The van der Waals surface area contributed by atoms with Crippen LogP contribution in [0.1, 0.15) is 24.1 Å². The van der Waals surface area contributed by atoms with Crippen molar-refractivity contribution in [3.63, 3.8) is 0 Å². The molecule has 5 nitrogen and oxygen atoms in total. The van der Waals surface area contributed by atoms with Gasteiger partial charge in [-0.3, -0.25) is 9.59 Å². The Labute approximate surface area is 168 Å². The lowest BCUT2D eigenvalue weighted by Crippen LogP contribution is -2.31. The molecule has 0 aliphatic rings. The van der Waals surface area contributed by atoms with Crippen molar-refractivity contribution >= 4 is 33.6 Å². The van der Waals surface area contributed by atoms with Gasteiger partial charge in [0.25, 0.3) is 5.91 Å². The van der Waals surface area contributed by atoms with Crippen LogP contribution in [0.5, 0.6) is 0 Å². The van der Waals surface area contributed by atoms with Crippen LogP contribution in [0.4, 0.5) is 0 Å². The number of ether oxygens (including phenoxy) is 1. The van der Waals surface area contributed by atoms with Gasteiger partial charge in [-0.2, -0.15) is 0 Å². The molecule has 0 saturated carbocycles. The van der Waals surface area contributed by atoms with Crippen LogP contribution in [0.3, 0.4) is 0 Å². The quantitative estimate of drug-likeness (QED) is 0.493. The van der Waals surface area contributed by atoms with Crippen LogP contribution in [-0.2, 0) is 20.7 Å². The number of rotatable bonds is 6. The predicted octanol–water partition coefficient (Wildman–Crippen LogP) is 4.55. The Balaban J connectivity index is 1.39. The first-order valence-electron chi connectivity index (χ1n) is 9.49. The van der Waals surface area contributed by atoms with Gasteiger partial charge in [-0.15, -0.1) is 0 Å². The lowest BCUT2D eigenvalue weighted by atomic mass is 10.0. The maximum atomic E-state index is 12.3. The summed E-state index contributed by atoms with van der Waals surface area (Å²) in [7, 11) is 0. The van der Waals surface area contributed by atoms with Gasteiger partial charge in [0.15, 0.2) is 6.61 Å². The van der Waals surface area contributed by atoms with Gasteiger partial charge < -0.3 is 14.5 Å². The van der Waals surface area contributed by atoms with Crippen molar-refractivity contribution in [2.24, 2.45) is 0 Å². The van der Waals surface area contributed by atoms with Gasteiger partial charge in [-0.05, 0) is 29.3 Å². The fraction of sp³-hybridized carbons (Fsp3) is 0.167. The Morgan fingerprint density at radius 2 is 1.76 bits per heavy atom. The van der Waals surface area contributed by atoms with E-state index in [0.29, 0.717) is 0 Å². The third-order valence-corrected chi connectivity index (χ3v) is 4.92. The zero-order valence-corrected chi connectivity index (χ0v) is 16.1. The molecule has 0 spiro atoms. The summed E-state index contributed by atoms with van der Waals surface area (Å²) in [6, 6.07) is 21.3. The summed E-state index contributed by atoms with van der Waals surface area (Å²) in [4.78, 5) is 24.4. The van der Waals surface area contributed by atoms with Gasteiger partial charge in [0.2, 0.25) is 0 Å². The summed E-state index contributed by atoms with van der Waals surface area (Å²) in [6.45, 7) is 1.57. The van der Waals surface area contributed by atoms with Gasteiger partial charge >= 0.3 is 5.97 Å². The molecule has 1 heterocycles. The van der Waals surface area contributed by atoms with E-state index in [1.807, 2.05) is 73.7 Å². The molecular weight excluding hydrogens is 366 g/mol. The Bertz CT molecular complexity index is 1160. The van der Waals surface area contributed by atoms with Gasteiger partial charge in [-0.25, -0.2) is 0 Å². The maximum absolute atomic E-state index is 12.3. The molecular formula is C24H21NO4. The van der Waals surface area contributed by atoms with Crippen LogP contribution in [-0.4, -0.2) is 18.5 Å². The van der Waals surface area contributed by atoms with Crippen molar-refractivity contribution in [1.29, 1.82) is 0 Å². The topological polar surface area (TPSA) is 68.5 Å². The van der Waals surface area contributed by atoms with Crippen molar-refractivity contribution in [2.45, 2.75) is 19.4 Å². The van der Waals surface area contributed by atoms with E-state index in [4.69, 9.17) is 9.15 Å². The molecule has 0 fully saturated rings. The molecule has 5 heteroatoms. The molecule has 1 atom stereocenters. The van der Waals surface area contributed by atoms with E-state index in [2.05, 4.69) is 5.32 Å². The Hall–Kier alpha value is -3.60. The lowest BCUT2D eigenvalue weighted by Gasteiger charge is -2.14. The summed E-state index contributed by atoms with van der Waals surface area (Å²) in [5.41, 5.74) is 2.46. The second-order valence-corrected chi connectivity index (χ2v) is 6.96. The van der Waals surface area contributed by atoms with Crippen LogP contribution in [0.25, 0.3) is 21.7 Å². The Morgan fingerprint density at radius 1 is 1.00 bits per heavy atom. The first-order chi connectivity index (χ1) is 14.1. The van der Waals surface area contributed by atoms with E-state index in [1.54, 1.807) is 6.26 Å². The Kier molecular flexibility index (Phi) is 5.29. The fourth-order valence-corrected chi connectivity index (χ4v) is 3.47. The van der Waals surface area contributed by atoms with Crippen LogP contribution in [0.15, 0.2) is 77.4 Å². The second kappa shape index (κ2) is 8.19. The number of hydrogen-bond donors (Lipinski definition) is 1. The minimum Gasteiger partial charge on any atom is -0.464 e. The molecule has 0 aliphatic carbocycles. The molecule has 1 unspecified atom stereocenters. The largest absolute Gasteiger partial charge is 0.464 e. The molecule has 0 aliphatic heterocycles. The molecule has 146 valence electrons. The average Bonchev–Trinajstić information content (AvgIpc) is 3.16. The van der Waals surface area contributed by atoms with Gasteiger partial charge in [-0.1, -0.05) is 60.7 Å². The predicted molar refractivity (Wildman–Crippen MR) is 111 cm³/mol. The minimum atomic E-state index is -0.469. The van der Waals surface area contributed by atoms with E-state index in [9.17, 15) is 9.59 Å². The molecule has 4 rings (SSSR count). The summed E-state index contributed by atoms with van der Waals surface area (Å²) in [5.74, 6) is -0.805. The van der Waals surface area contributed by atoms with E-state index < -0.39 is 5.97 Å². The summed E-state index contributed by atoms with van der Waals surface area (Å²) >= 11 is 0. The van der Waals surface area contributed by atoms with Gasteiger partial charge in [0.05, 0.1) is 18.7 Å². The van der Waals surface area contributed by atoms with Crippen LogP contribution < -0.4 is 5.32 Å². The monoisotopic (exact) mass is 387 g/mol. The highest BCUT2D eigenvalue weighted by atomic mass is 16.5.